The fourth-order valence-electron chi connectivity index (χ4n) is 2.46. The zero-order valence-corrected chi connectivity index (χ0v) is 11.9. The number of carboxylic acid groups (broad SMARTS) is 1. The Morgan fingerprint density at radius 1 is 1.50 bits per heavy atom. The third-order valence-corrected chi connectivity index (χ3v) is 3.54. The molecule has 2 heterocycles. The van der Waals surface area contributed by atoms with Crippen molar-refractivity contribution in [1.82, 2.24) is 14.7 Å². The second-order valence-corrected chi connectivity index (χ2v) is 5.21. The van der Waals surface area contributed by atoms with Crippen LogP contribution in [-0.2, 0) is 16.1 Å². The molecule has 1 aliphatic rings. The zero-order valence-electron chi connectivity index (χ0n) is 11.9. The van der Waals surface area contributed by atoms with Gasteiger partial charge in [0.1, 0.15) is 5.82 Å². The Kier molecular flexibility index (Phi) is 4.17. The van der Waals surface area contributed by atoms with Gasteiger partial charge in [-0.2, -0.15) is 5.10 Å². The second kappa shape index (κ2) is 6.25. The van der Waals surface area contributed by atoms with Gasteiger partial charge in [-0.15, -0.1) is 0 Å². The molecule has 0 radical (unpaired) electrons. The number of aliphatic carboxylic acids is 1. The molecule has 1 aliphatic heterocycles. The summed E-state index contributed by atoms with van der Waals surface area (Å²) in [5.74, 6) is -1.26. The number of hydrogen-bond acceptors (Lipinski definition) is 4. The first-order valence-corrected chi connectivity index (χ1v) is 6.98. The van der Waals surface area contributed by atoms with Crippen LogP contribution < -0.4 is 0 Å². The Morgan fingerprint density at radius 3 is 3.14 bits per heavy atom. The Balaban J connectivity index is 1.68. The van der Waals surface area contributed by atoms with E-state index < -0.39 is 12.1 Å². The van der Waals surface area contributed by atoms with Crippen LogP contribution in [0.4, 0.5) is 4.39 Å². The van der Waals surface area contributed by atoms with Gasteiger partial charge in [0, 0.05) is 31.4 Å². The molecule has 0 spiro atoms. The van der Waals surface area contributed by atoms with E-state index in [1.54, 1.807) is 23.0 Å². The van der Waals surface area contributed by atoms with Gasteiger partial charge >= 0.3 is 5.97 Å². The van der Waals surface area contributed by atoms with Crippen LogP contribution in [0.1, 0.15) is 5.56 Å². The fraction of sp³-hybridized carbons (Fsp3) is 0.333. The molecule has 116 valence electrons. The molecular formula is C15H16FN3O3. The smallest absolute Gasteiger partial charge is 0.334 e. The number of benzene rings is 1. The highest BCUT2D eigenvalue weighted by Crippen LogP contribution is 2.13. The number of aromatic nitrogens is 2. The van der Waals surface area contributed by atoms with Crippen molar-refractivity contribution in [2.75, 3.05) is 19.7 Å². The van der Waals surface area contributed by atoms with Crippen molar-refractivity contribution in [3.63, 3.8) is 0 Å². The predicted octanol–water partition coefficient (Wildman–Crippen LogP) is 1.30. The number of carboxylic acids is 1. The van der Waals surface area contributed by atoms with E-state index in [0.717, 1.165) is 5.56 Å². The summed E-state index contributed by atoms with van der Waals surface area (Å²) in [6.45, 7) is 2.01. The molecule has 1 unspecified atom stereocenters. The minimum absolute atomic E-state index is 0.313. The average Bonchev–Trinajstić information content (AvgIpc) is 2.96. The third kappa shape index (κ3) is 3.32. The Bertz CT molecular complexity index is 674. The van der Waals surface area contributed by atoms with E-state index in [1.165, 1.54) is 12.1 Å². The van der Waals surface area contributed by atoms with E-state index in [2.05, 4.69) is 5.10 Å². The van der Waals surface area contributed by atoms with Gasteiger partial charge in [0.25, 0.3) is 0 Å². The molecule has 22 heavy (non-hydrogen) atoms. The number of halogens is 1. The van der Waals surface area contributed by atoms with Gasteiger partial charge in [-0.3, -0.25) is 4.90 Å². The van der Waals surface area contributed by atoms with Crippen LogP contribution in [0, 0.1) is 5.82 Å². The van der Waals surface area contributed by atoms with Crippen molar-refractivity contribution in [1.29, 1.82) is 0 Å². The molecule has 0 aliphatic carbocycles. The monoisotopic (exact) mass is 305 g/mol. The summed E-state index contributed by atoms with van der Waals surface area (Å²) in [4.78, 5) is 13.0. The lowest BCUT2D eigenvalue weighted by Gasteiger charge is -2.30. The van der Waals surface area contributed by atoms with E-state index in [0.29, 0.717) is 31.9 Å². The zero-order chi connectivity index (χ0) is 15.5. The lowest BCUT2D eigenvalue weighted by molar-refractivity contribution is -0.156. The van der Waals surface area contributed by atoms with Gasteiger partial charge in [0.15, 0.2) is 6.10 Å². The van der Waals surface area contributed by atoms with Crippen LogP contribution in [0.25, 0.3) is 5.69 Å². The third-order valence-electron chi connectivity index (χ3n) is 3.54. The standard InChI is InChI=1S/C15H16FN3O3/c16-12-2-1-3-13(6-12)19-9-11(7-17-19)8-18-4-5-22-14(10-18)15(20)21/h1-3,6-7,9,14H,4-5,8,10H2,(H,20,21). The van der Waals surface area contributed by atoms with Gasteiger partial charge in [0.05, 0.1) is 18.5 Å². The summed E-state index contributed by atoms with van der Waals surface area (Å²) in [6, 6.07) is 6.19. The molecule has 7 heteroatoms. The molecule has 3 rings (SSSR count). The van der Waals surface area contributed by atoms with Crippen LogP contribution >= 0.6 is 0 Å². The van der Waals surface area contributed by atoms with E-state index in [-0.39, 0.29) is 5.82 Å². The van der Waals surface area contributed by atoms with Crippen molar-refractivity contribution in [2.45, 2.75) is 12.6 Å². The fourth-order valence-corrected chi connectivity index (χ4v) is 2.46. The summed E-state index contributed by atoms with van der Waals surface area (Å²) in [5.41, 5.74) is 1.59. The van der Waals surface area contributed by atoms with Crippen LogP contribution in [0.5, 0.6) is 0 Å². The largest absolute Gasteiger partial charge is 0.479 e. The Morgan fingerprint density at radius 2 is 2.36 bits per heavy atom. The van der Waals surface area contributed by atoms with Gasteiger partial charge in [-0.05, 0) is 18.2 Å². The highest BCUT2D eigenvalue weighted by Gasteiger charge is 2.26. The summed E-state index contributed by atoms with van der Waals surface area (Å²) >= 11 is 0. The van der Waals surface area contributed by atoms with Crippen LogP contribution in [0.3, 0.4) is 0 Å². The topological polar surface area (TPSA) is 67.6 Å². The normalized spacial score (nSPS) is 19.2. The van der Waals surface area contributed by atoms with Crippen molar-refractivity contribution >= 4 is 5.97 Å². The minimum Gasteiger partial charge on any atom is -0.479 e. The minimum atomic E-state index is -0.944. The first kappa shape index (κ1) is 14.7. The highest BCUT2D eigenvalue weighted by molar-refractivity contribution is 5.72. The number of carbonyl (C=O) groups is 1. The molecule has 1 saturated heterocycles. The number of morpholine rings is 1. The quantitative estimate of drug-likeness (QED) is 0.922. The van der Waals surface area contributed by atoms with Crippen molar-refractivity contribution in [3.05, 3.63) is 48.0 Å². The second-order valence-electron chi connectivity index (χ2n) is 5.21. The van der Waals surface area contributed by atoms with E-state index in [9.17, 15) is 9.18 Å². The highest BCUT2D eigenvalue weighted by atomic mass is 19.1. The maximum absolute atomic E-state index is 13.2. The molecule has 6 nitrogen and oxygen atoms in total. The van der Waals surface area contributed by atoms with E-state index >= 15 is 0 Å². The molecule has 1 atom stereocenters. The SMILES string of the molecule is O=C(O)C1CN(Cc2cnn(-c3cccc(F)c3)c2)CCO1. The first-order valence-electron chi connectivity index (χ1n) is 6.98. The van der Waals surface area contributed by atoms with Crippen LogP contribution in [0.15, 0.2) is 36.7 Å². The molecule has 0 saturated carbocycles. The Labute approximate surface area is 126 Å². The number of rotatable bonds is 4. The molecule has 1 aromatic carbocycles. The maximum atomic E-state index is 13.2. The maximum Gasteiger partial charge on any atom is 0.334 e. The van der Waals surface area contributed by atoms with Crippen molar-refractivity contribution < 1.29 is 19.0 Å². The molecule has 2 aromatic rings. The molecule has 1 N–H and O–H groups in total. The summed E-state index contributed by atoms with van der Waals surface area (Å²) in [5, 5.41) is 13.2. The molecule has 1 aromatic heterocycles. The molecule has 1 fully saturated rings. The molecule has 0 amide bonds. The van der Waals surface area contributed by atoms with Gasteiger partial charge < -0.3 is 9.84 Å². The number of ether oxygens (including phenoxy) is 1. The summed E-state index contributed by atoms with van der Waals surface area (Å²) < 4.78 is 20.0. The molecular weight excluding hydrogens is 289 g/mol. The van der Waals surface area contributed by atoms with Crippen molar-refractivity contribution in [3.8, 4) is 5.69 Å². The van der Waals surface area contributed by atoms with Gasteiger partial charge in [0.2, 0.25) is 0 Å². The summed E-state index contributed by atoms with van der Waals surface area (Å²) in [7, 11) is 0. The summed E-state index contributed by atoms with van der Waals surface area (Å²) in [6.07, 6.45) is 2.74. The van der Waals surface area contributed by atoms with E-state index in [1.807, 2.05) is 11.1 Å². The number of hydrogen-bond donors (Lipinski definition) is 1. The lowest BCUT2D eigenvalue weighted by Crippen LogP contribution is -2.45. The lowest BCUT2D eigenvalue weighted by atomic mass is 10.2. The van der Waals surface area contributed by atoms with Crippen LogP contribution in [0.2, 0.25) is 0 Å². The first-order chi connectivity index (χ1) is 10.6. The van der Waals surface area contributed by atoms with E-state index in [4.69, 9.17) is 9.84 Å². The molecule has 0 bridgehead atoms. The number of nitrogens with zero attached hydrogens (tertiary/aromatic N) is 3. The van der Waals surface area contributed by atoms with Crippen molar-refractivity contribution in [2.24, 2.45) is 0 Å². The van der Waals surface area contributed by atoms with Gasteiger partial charge in [-0.25, -0.2) is 13.9 Å². The van der Waals surface area contributed by atoms with Gasteiger partial charge in [-0.1, -0.05) is 6.07 Å². The Hall–Kier alpha value is -2.25. The average molecular weight is 305 g/mol. The van der Waals surface area contributed by atoms with Crippen LogP contribution in [-0.4, -0.2) is 51.6 Å². The predicted molar refractivity (Wildman–Crippen MR) is 76.2 cm³/mol.